The van der Waals surface area contributed by atoms with Crippen molar-refractivity contribution in [2.45, 2.75) is 68.2 Å². The van der Waals surface area contributed by atoms with Gasteiger partial charge in [0, 0.05) is 24.9 Å². The number of hydrogen-bond acceptors (Lipinski definition) is 18. The number of nitrogens with one attached hydrogen (secondary N) is 3. The number of carboxylic acid groups (broad SMARTS) is 1. The van der Waals surface area contributed by atoms with Crippen LogP contribution in [0.4, 0.5) is 0 Å². The van der Waals surface area contributed by atoms with E-state index in [0.717, 1.165) is 37.7 Å². The molecule has 20 nitrogen and oxygen atoms in total. The van der Waals surface area contributed by atoms with Gasteiger partial charge < -0.3 is 50.5 Å². The predicted octanol–water partition coefficient (Wildman–Crippen LogP) is -2.29. The van der Waals surface area contributed by atoms with Crippen LogP contribution in [0.3, 0.4) is 0 Å². The molecule has 51 heavy (non-hydrogen) atoms. The van der Waals surface area contributed by atoms with Crippen molar-refractivity contribution in [3.05, 3.63) is 0 Å². The molecule has 5 atom stereocenters. The maximum Gasteiger partial charge on any atom is 0.329 e. The van der Waals surface area contributed by atoms with Crippen molar-refractivity contribution < 1.29 is 76.7 Å². The Morgan fingerprint density at radius 2 is 1.12 bits per heavy atom. The summed E-state index contributed by atoms with van der Waals surface area (Å²) in [6, 6.07) is -2.95. The minimum absolute atomic E-state index is 0.0585. The Bertz CT molecular complexity index is 1230. The summed E-state index contributed by atoms with van der Waals surface area (Å²) in [6.45, 7) is 1.87. The van der Waals surface area contributed by atoms with Gasteiger partial charge in [0.25, 0.3) is 0 Å². The third-order valence-electron chi connectivity index (χ3n) is 6.15. The van der Waals surface area contributed by atoms with Crippen molar-refractivity contribution in [3.63, 3.8) is 0 Å². The monoisotopic (exact) mass is 770 g/mol. The number of carbonyl (C=O) groups is 10. The summed E-state index contributed by atoms with van der Waals surface area (Å²) in [4.78, 5) is 115. The fraction of sp³-hybridized carbons (Fsp3) is 0.655. The number of ether oxygens (including phenoxy) is 5. The number of aliphatic carboxylic acids is 1. The molecular formula is C29H46N4O16S2. The van der Waals surface area contributed by atoms with Crippen LogP contribution in [-0.4, -0.2) is 147 Å². The van der Waals surface area contributed by atoms with E-state index >= 15 is 0 Å². The molecule has 0 bridgehead atoms. The maximum absolute atomic E-state index is 12.3. The smallest absolute Gasteiger partial charge is 0.329 e. The Kier molecular flexibility index (Phi) is 26.1. The number of esters is 5. The summed E-state index contributed by atoms with van der Waals surface area (Å²) in [6.07, 6.45) is -0.595. The third kappa shape index (κ3) is 22.8. The Labute approximate surface area is 302 Å². The normalized spacial score (nSPS) is 13.1. The standard InChI is InChI=1S/C17H27N3O9S.C12H19NO7S/c1-9(21)10(18)4-5-13(22)20-11(16(26)19-7-14(23)24)8-30-12(17(27)29-3)6-15(25)28-2;1-7(14)13-8(11(16)19-3)6-21-9(12(17)20-4)5-10(15)18-2/h10-12H,4-8,18H2,1-3H3,(H,19,26)(H,20,22)(H,23,24);8-9H,5-6H2,1-4H3,(H,13,14)/t10-,11-,12?;8-,9?/m00/s1. The van der Waals surface area contributed by atoms with E-state index in [2.05, 4.69) is 39.6 Å². The zero-order chi connectivity index (χ0) is 39.7. The van der Waals surface area contributed by atoms with Gasteiger partial charge in [-0.05, 0) is 13.3 Å². The lowest BCUT2D eigenvalue weighted by atomic mass is 10.1. The van der Waals surface area contributed by atoms with Gasteiger partial charge in [-0.2, -0.15) is 0 Å². The Morgan fingerprint density at radius 1 is 0.667 bits per heavy atom. The number of carboxylic acids is 1. The molecule has 0 fully saturated rings. The largest absolute Gasteiger partial charge is 0.480 e. The molecule has 0 aromatic rings. The van der Waals surface area contributed by atoms with E-state index in [-0.39, 0.29) is 43.0 Å². The minimum atomic E-state index is -1.29. The van der Waals surface area contributed by atoms with E-state index in [1.807, 2.05) is 0 Å². The number of nitrogens with two attached hydrogens (primary N) is 1. The van der Waals surface area contributed by atoms with Gasteiger partial charge in [-0.25, -0.2) is 4.79 Å². The number of rotatable bonds is 22. The first-order valence-corrected chi connectivity index (χ1v) is 16.9. The van der Waals surface area contributed by atoms with Gasteiger partial charge in [0.1, 0.15) is 34.9 Å². The highest BCUT2D eigenvalue weighted by molar-refractivity contribution is 8.00. The van der Waals surface area contributed by atoms with E-state index < -0.39 is 88.7 Å². The SMILES string of the molecule is COC(=O)CC(SC[C@H](NC(=O)CC[C@H](N)C(C)=O)C(=O)NCC(=O)O)C(=O)OC.COC(=O)CC(SC[C@H](NC(C)=O)C(=O)OC)C(=O)OC. The molecule has 0 aromatic carbocycles. The summed E-state index contributed by atoms with van der Waals surface area (Å²) in [7, 11) is 5.86. The quantitative estimate of drug-likeness (QED) is 0.0571. The highest BCUT2D eigenvalue weighted by Crippen LogP contribution is 2.20. The highest BCUT2D eigenvalue weighted by Gasteiger charge is 2.30. The number of thioether (sulfide) groups is 2. The average Bonchev–Trinajstić information content (AvgIpc) is 3.10. The molecule has 2 unspecified atom stereocenters. The van der Waals surface area contributed by atoms with Gasteiger partial charge in [-0.3, -0.25) is 43.2 Å². The zero-order valence-corrected chi connectivity index (χ0v) is 30.9. The van der Waals surface area contributed by atoms with Gasteiger partial charge >= 0.3 is 35.8 Å². The molecular weight excluding hydrogens is 724 g/mol. The molecule has 0 rings (SSSR count). The average molecular weight is 771 g/mol. The van der Waals surface area contributed by atoms with E-state index in [4.69, 9.17) is 10.8 Å². The number of methoxy groups -OCH3 is 5. The third-order valence-corrected chi connectivity index (χ3v) is 8.72. The van der Waals surface area contributed by atoms with Crippen LogP contribution in [0.2, 0.25) is 0 Å². The predicted molar refractivity (Wildman–Crippen MR) is 180 cm³/mol. The molecule has 0 heterocycles. The Hall–Kier alpha value is -4.44. The minimum Gasteiger partial charge on any atom is -0.480 e. The van der Waals surface area contributed by atoms with Crippen molar-refractivity contribution in [3.8, 4) is 0 Å². The molecule has 290 valence electrons. The lowest BCUT2D eigenvalue weighted by Gasteiger charge is -2.20. The van der Waals surface area contributed by atoms with Crippen molar-refractivity contribution in [1.82, 2.24) is 16.0 Å². The van der Waals surface area contributed by atoms with Crippen molar-refractivity contribution in [2.24, 2.45) is 5.73 Å². The van der Waals surface area contributed by atoms with E-state index in [1.54, 1.807) is 0 Å². The molecule has 0 radical (unpaired) electrons. The summed E-state index contributed by atoms with van der Waals surface area (Å²) in [5.41, 5.74) is 5.57. The molecule has 0 aliphatic heterocycles. The number of Topliss-reactive ketones (excluding diaryl/α,β-unsaturated/α-hetero) is 1. The number of carbonyl (C=O) groups excluding carboxylic acids is 9. The van der Waals surface area contributed by atoms with E-state index in [9.17, 15) is 47.9 Å². The first-order chi connectivity index (χ1) is 23.9. The lowest BCUT2D eigenvalue weighted by molar-refractivity contribution is -0.146. The first kappa shape index (κ1) is 48.7. The van der Waals surface area contributed by atoms with Gasteiger partial charge in [-0.15, -0.1) is 23.5 Å². The van der Waals surface area contributed by atoms with Crippen LogP contribution in [0, 0.1) is 0 Å². The van der Waals surface area contributed by atoms with Crippen LogP contribution < -0.4 is 21.7 Å². The second-order valence-corrected chi connectivity index (χ2v) is 12.5. The summed E-state index contributed by atoms with van der Waals surface area (Å²) in [5, 5.41) is 13.8. The van der Waals surface area contributed by atoms with Gasteiger partial charge in [0.2, 0.25) is 17.7 Å². The summed E-state index contributed by atoms with van der Waals surface area (Å²) >= 11 is 1.86. The molecule has 0 aliphatic rings. The van der Waals surface area contributed by atoms with Crippen molar-refractivity contribution >= 4 is 82.8 Å². The second-order valence-electron chi connectivity index (χ2n) is 10.0. The van der Waals surface area contributed by atoms with E-state index in [1.165, 1.54) is 35.2 Å². The highest BCUT2D eigenvalue weighted by atomic mass is 32.2. The topological polar surface area (TPSA) is 299 Å². The van der Waals surface area contributed by atoms with Crippen LogP contribution in [-0.2, 0) is 71.6 Å². The van der Waals surface area contributed by atoms with Crippen LogP contribution in [0.5, 0.6) is 0 Å². The lowest BCUT2D eigenvalue weighted by Crippen LogP contribution is -2.50. The molecule has 0 spiro atoms. The van der Waals surface area contributed by atoms with Gasteiger partial charge in [0.15, 0.2) is 0 Å². The molecule has 0 aromatic heterocycles. The molecule has 0 saturated carbocycles. The fourth-order valence-electron chi connectivity index (χ4n) is 3.36. The van der Waals surface area contributed by atoms with Crippen LogP contribution in [0.15, 0.2) is 0 Å². The maximum atomic E-state index is 12.3. The first-order valence-electron chi connectivity index (χ1n) is 14.8. The van der Waals surface area contributed by atoms with Crippen molar-refractivity contribution in [2.75, 3.05) is 53.6 Å². The van der Waals surface area contributed by atoms with Crippen LogP contribution >= 0.6 is 23.5 Å². The molecule has 0 aliphatic carbocycles. The summed E-state index contributed by atoms with van der Waals surface area (Å²) in [5.74, 6) is -6.71. The van der Waals surface area contributed by atoms with Crippen LogP contribution in [0.25, 0.3) is 0 Å². The number of hydrogen-bond donors (Lipinski definition) is 5. The van der Waals surface area contributed by atoms with Crippen LogP contribution in [0.1, 0.15) is 39.5 Å². The van der Waals surface area contributed by atoms with Gasteiger partial charge in [-0.1, -0.05) is 0 Å². The zero-order valence-electron chi connectivity index (χ0n) is 29.3. The molecule has 22 heteroatoms. The number of ketones is 1. The number of amides is 3. The van der Waals surface area contributed by atoms with Gasteiger partial charge in [0.05, 0.1) is 54.4 Å². The van der Waals surface area contributed by atoms with E-state index in [0.29, 0.717) is 0 Å². The van der Waals surface area contributed by atoms with Crippen molar-refractivity contribution in [1.29, 1.82) is 0 Å². The molecule has 0 saturated heterocycles. The molecule has 6 N–H and O–H groups in total. The summed E-state index contributed by atoms with van der Waals surface area (Å²) < 4.78 is 22.8. The Balaban J connectivity index is 0. The second kappa shape index (κ2) is 27.3. The Morgan fingerprint density at radius 3 is 1.49 bits per heavy atom. The molecule has 3 amide bonds. The fourth-order valence-corrected chi connectivity index (χ4v) is 5.64.